The normalized spacial score (nSPS) is 14.2. The Morgan fingerprint density at radius 2 is 1.96 bits per heavy atom. The molecule has 0 unspecified atom stereocenters. The Hall–Kier alpha value is -2.46. The third-order valence-electron chi connectivity index (χ3n) is 4.29. The number of aromatic nitrogens is 2. The Bertz CT molecular complexity index is 792. The molecule has 0 spiro atoms. The largest absolute Gasteiger partial charge is 0.373 e. The maximum Gasteiger partial charge on any atom is 0.373 e. The number of amides is 1. The van der Waals surface area contributed by atoms with Gasteiger partial charge in [-0.25, -0.2) is 4.98 Å². The van der Waals surface area contributed by atoms with Gasteiger partial charge in [-0.1, -0.05) is 32.9 Å². The zero-order valence-electron chi connectivity index (χ0n) is 15.3. The molecule has 1 fully saturated rings. The smallest absolute Gasteiger partial charge is 0.307 e. The number of carbonyl (C=O) groups is 1. The Labute approximate surface area is 147 Å². The molecule has 0 saturated heterocycles. The summed E-state index contributed by atoms with van der Waals surface area (Å²) in [5, 5.41) is 3.05. The monoisotopic (exact) mass is 343 g/mol. The molecule has 6 nitrogen and oxygen atoms in total. The standard InChI is InChI=1S/C18H25N3O.CO2/c1-12-7-5-10-14-16(12)21(13-8-6-9-13)17(19-14)20-15(22)11-18(2,3)4;2-1-3/h5,7,10,13H,6,8-9,11H2,1-4H3,(H,19,20,22);. The number of hydrogen-bond acceptors (Lipinski definition) is 4. The van der Waals surface area contributed by atoms with Crippen molar-refractivity contribution in [3.63, 3.8) is 0 Å². The molecule has 134 valence electrons. The molecule has 1 aromatic heterocycles. The predicted octanol–water partition coefficient (Wildman–Crippen LogP) is 3.86. The van der Waals surface area contributed by atoms with Crippen LogP contribution in [0.3, 0.4) is 0 Å². The number of rotatable bonds is 3. The summed E-state index contributed by atoms with van der Waals surface area (Å²) in [6.07, 6.45) is 4.34. The minimum Gasteiger partial charge on any atom is -0.307 e. The minimum absolute atomic E-state index is 0.0205. The number of imidazole rings is 1. The predicted molar refractivity (Wildman–Crippen MR) is 95.1 cm³/mol. The zero-order chi connectivity index (χ0) is 18.6. The maximum absolute atomic E-state index is 12.3. The lowest BCUT2D eigenvalue weighted by Gasteiger charge is -2.29. The molecule has 1 saturated carbocycles. The first-order valence-corrected chi connectivity index (χ1v) is 8.53. The van der Waals surface area contributed by atoms with Gasteiger partial charge in [-0.3, -0.25) is 10.1 Å². The van der Waals surface area contributed by atoms with Gasteiger partial charge in [0.2, 0.25) is 11.9 Å². The van der Waals surface area contributed by atoms with Crippen molar-refractivity contribution in [3.05, 3.63) is 23.8 Å². The van der Waals surface area contributed by atoms with Crippen LogP contribution >= 0.6 is 0 Å². The first-order chi connectivity index (χ1) is 11.8. The topological polar surface area (TPSA) is 81.1 Å². The first-order valence-electron chi connectivity index (χ1n) is 8.53. The van der Waals surface area contributed by atoms with Crippen LogP contribution in [0.5, 0.6) is 0 Å². The van der Waals surface area contributed by atoms with E-state index >= 15 is 0 Å². The van der Waals surface area contributed by atoms with Crippen molar-refractivity contribution in [3.8, 4) is 0 Å². The van der Waals surface area contributed by atoms with Crippen molar-refractivity contribution in [2.24, 2.45) is 5.41 Å². The van der Waals surface area contributed by atoms with E-state index in [0.717, 1.165) is 5.52 Å². The Balaban J connectivity index is 0.000000701. The van der Waals surface area contributed by atoms with Crippen molar-refractivity contribution in [2.45, 2.75) is 59.4 Å². The van der Waals surface area contributed by atoms with Crippen molar-refractivity contribution in [1.29, 1.82) is 0 Å². The highest BCUT2D eigenvalue weighted by Gasteiger charge is 2.26. The molecule has 1 aliphatic rings. The molecule has 1 aliphatic carbocycles. The fourth-order valence-electron chi connectivity index (χ4n) is 3.06. The van der Waals surface area contributed by atoms with Crippen LogP contribution in [0.1, 0.15) is 58.1 Å². The van der Waals surface area contributed by atoms with Crippen molar-refractivity contribution in [2.75, 3.05) is 5.32 Å². The van der Waals surface area contributed by atoms with Gasteiger partial charge in [0.1, 0.15) is 0 Å². The molecule has 6 heteroatoms. The van der Waals surface area contributed by atoms with E-state index in [4.69, 9.17) is 9.59 Å². The summed E-state index contributed by atoms with van der Waals surface area (Å²) in [7, 11) is 0. The van der Waals surface area contributed by atoms with E-state index in [1.54, 1.807) is 0 Å². The van der Waals surface area contributed by atoms with E-state index in [9.17, 15) is 4.79 Å². The van der Waals surface area contributed by atoms with Crippen LogP contribution < -0.4 is 5.32 Å². The lowest BCUT2D eigenvalue weighted by molar-refractivity contribution is -0.191. The summed E-state index contributed by atoms with van der Waals surface area (Å²) in [6.45, 7) is 8.34. The van der Waals surface area contributed by atoms with Crippen LogP contribution in [0, 0.1) is 12.3 Å². The number of nitrogens with zero attached hydrogens (tertiary/aromatic N) is 2. The number of hydrogen-bond donors (Lipinski definition) is 1. The van der Waals surface area contributed by atoms with Crippen LogP contribution in [0.4, 0.5) is 5.95 Å². The lowest BCUT2D eigenvalue weighted by Crippen LogP contribution is -2.24. The first kappa shape index (κ1) is 18.9. The summed E-state index contributed by atoms with van der Waals surface area (Å²) in [4.78, 5) is 33.2. The number of fused-ring (bicyclic) bond motifs is 1. The molecular formula is C19H25N3O3. The third-order valence-corrected chi connectivity index (χ3v) is 4.29. The fourth-order valence-corrected chi connectivity index (χ4v) is 3.06. The molecule has 3 rings (SSSR count). The van der Waals surface area contributed by atoms with Gasteiger partial charge in [0.25, 0.3) is 0 Å². The van der Waals surface area contributed by atoms with Gasteiger partial charge in [0.05, 0.1) is 11.0 Å². The molecule has 0 atom stereocenters. The van der Waals surface area contributed by atoms with Crippen molar-refractivity contribution in [1.82, 2.24) is 9.55 Å². The lowest BCUT2D eigenvalue weighted by atomic mass is 9.92. The number of benzene rings is 1. The Morgan fingerprint density at radius 3 is 2.48 bits per heavy atom. The number of anilines is 1. The van der Waals surface area contributed by atoms with Crippen molar-refractivity contribution < 1.29 is 14.4 Å². The molecule has 1 heterocycles. The van der Waals surface area contributed by atoms with Crippen LogP contribution in [0.15, 0.2) is 18.2 Å². The van der Waals surface area contributed by atoms with Gasteiger partial charge in [-0.2, -0.15) is 9.59 Å². The Kier molecular flexibility index (Phi) is 5.75. The van der Waals surface area contributed by atoms with Crippen LogP contribution in [-0.2, 0) is 14.4 Å². The molecule has 0 aliphatic heterocycles. The minimum atomic E-state index is -0.0205. The zero-order valence-corrected chi connectivity index (χ0v) is 15.3. The molecule has 1 N–H and O–H groups in total. The number of aryl methyl sites for hydroxylation is 1. The fraction of sp³-hybridized carbons (Fsp3) is 0.526. The van der Waals surface area contributed by atoms with E-state index in [-0.39, 0.29) is 17.5 Å². The highest BCUT2D eigenvalue weighted by atomic mass is 16.2. The molecule has 25 heavy (non-hydrogen) atoms. The second kappa shape index (κ2) is 7.62. The average molecular weight is 343 g/mol. The quantitative estimate of drug-likeness (QED) is 0.917. The molecule has 2 aromatic rings. The van der Waals surface area contributed by atoms with Crippen LogP contribution in [0.2, 0.25) is 0 Å². The van der Waals surface area contributed by atoms with Crippen molar-refractivity contribution >= 4 is 29.0 Å². The van der Waals surface area contributed by atoms with Gasteiger partial charge in [-0.15, -0.1) is 0 Å². The van der Waals surface area contributed by atoms with E-state index < -0.39 is 0 Å². The summed E-state index contributed by atoms with van der Waals surface area (Å²) in [6, 6.07) is 6.63. The van der Waals surface area contributed by atoms with Gasteiger partial charge in [-0.05, 0) is 43.2 Å². The number of carbonyl (C=O) groups excluding carboxylic acids is 3. The average Bonchev–Trinajstić information content (AvgIpc) is 2.75. The number of nitrogens with one attached hydrogen (secondary N) is 1. The summed E-state index contributed by atoms with van der Waals surface area (Å²) < 4.78 is 2.24. The highest BCUT2D eigenvalue weighted by Crippen LogP contribution is 2.38. The summed E-state index contributed by atoms with van der Waals surface area (Å²) >= 11 is 0. The van der Waals surface area contributed by atoms with Gasteiger partial charge in [0, 0.05) is 12.5 Å². The summed E-state index contributed by atoms with van der Waals surface area (Å²) in [5.41, 5.74) is 3.33. The second-order valence-corrected chi connectivity index (χ2v) is 7.70. The van der Waals surface area contributed by atoms with E-state index in [2.05, 4.69) is 48.6 Å². The number of para-hydroxylation sites is 1. The second-order valence-electron chi connectivity index (χ2n) is 7.70. The molecule has 0 radical (unpaired) electrons. The van der Waals surface area contributed by atoms with E-state index in [0.29, 0.717) is 18.4 Å². The van der Waals surface area contributed by atoms with Gasteiger partial charge < -0.3 is 4.57 Å². The molecule has 1 amide bonds. The van der Waals surface area contributed by atoms with Crippen LogP contribution in [0.25, 0.3) is 11.0 Å². The van der Waals surface area contributed by atoms with Crippen LogP contribution in [-0.4, -0.2) is 21.6 Å². The van der Waals surface area contributed by atoms with E-state index in [1.807, 2.05) is 12.1 Å². The van der Waals surface area contributed by atoms with Gasteiger partial charge in [0.15, 0.2) is 0 Å². The maximum atomic E-state index is 12.3. The van der Waals surface area contributed by atoms with E-state index in [1.165, 1.54) is 30.3 Å². The third kappa shape index (κ3) is 4.54. The SMILES string of the molecule is Cc1cccc2nc(NC(=O)CC(C)(C)C)n(C3CCC3)c12.O=C=O. The Morgan fingerprint density at radius 1 is 1.32 bits per heavy atom. The molecule has 0 bridgehead atoms. The molecular weight excluding hydrogens is 318 g/mol. The van der Waals surface area contributed by atoms with Gasteiger partial charge >= 0.3 is 6.15 Å². The molecule has 1 aromatic carbocycles. The summed E-state index contributed by atoms with van der Waals surface area (Å²) in [5.74, 6) is 0.754. The highest BCUT2D eigenvalue weighted by molar-refractivity contribution is 5.92.